The van der Waals surface area contributed by atoms with E-state index in [1.807, 2.05) is 0 Å². The van der Waals surface area contributed by atoms with E-state index >= 15 is 8.78 Å². The third kappa shape index (κ3) is 2.65. The number of tetrazole rings is 1. The van der Waals surface area contributed by atoms with Gasteiger partial charge in [-0.3, -0.25) is 0 Å². The fourth-order valence-corrected chi connectivity index (χ4v) is 5.22. The van der Waals surface area contributed by atoms with Gasteiger partial charge in [0.25, 0.3) is 5.92 Å². The Balaban J connectivity index is 1.52. The van der Waals surface area contributed by atoms with Gasteiger partial charge in [-0.15, -0.1) is 5.10 Å². The molecule has 0 spiro atoms. The van der Waals surface area contributed by atoms with Crippen LogP contribution in [0.1, 0.15) is 30.4 Å². The van der Waals surface area contributed by atoms with Crippen molar-refractivity contribution in [1.82, 2.24) is 25.2 Å². The van der Waals surface area contributed by atoms with Crippen molar-refractivity contribution < 1.29 is 27.1 Å². The lowest BCUT2D eigenvalue weighted by atomic mass is 9.30. The van der Waals surface area contributed by atoms with Gasteiger partial charge in [0.15, 0.2) is 5.60 Å². The third-order valence-electron chi connectivity index (χ3n) is 6.71. The van der Waals surface area contributed by atoms with Crippen LogP contribution in [-0.4, -0.2) is 36.2 Å². The second-order valence-corrected chi connectivity index (χ2v) is 8.53. The molecule has 0 saturated heterocycles. The van der Waals surface area contributed by atoms with Gasteiger partial charge in [0.1, 0.15) is 18.0 Å². The molecule has 2 aromatic heterocycles. The van der Waals surface area contributed by atoms with Gasteiger partial charge in [0.2, 0.25) is 5.95 Å². The van der Waals surface area contributed by atoms with Crippen LogP contribution in [0.25, 0.3) is 0 Å². The van der Waals surface area contributed by atoms with Gasteiger partial charge in [0, 0.05) is 23.2 Å². The number of benzene rings is 1. The lowest BCUT2D eigenvalue weighted by Crippen LogP contribution is -2.76. The largest absolute Gasteiger partial charge is 0.377 e. The number of rotatable bonds is 6. The Labute approximate surface area is 172 Å². The maximum Gasteiger partial charge on any atom is 0.287 e. The van der Waals surface area contributed by atoms with E-state index in [4.69, 9.17) is 0 Å². The van der Waals surface area contributed by atoms with Crippen molar-refractivity contribution in [3.63, 3.8) is 0 Å². The molecule has 3 aliphatic carbocycles. The van der Waals surface area contributed by atoms with Crippen molar-refractivity contribution in [2.24, 2.45) is 5.41 Å². The molecule has 3 fully saturated rings. The van der Waals surface area contributed by atoms with E-state index in [0.717, 1.165) is 23.1 Å². The van der Waals surface area contributed by atoms with Crippen LogP contribution in [0.5, 0.6) is 0 Å². The van der Waals surface area contributed by atoms with Gasteiger partial charge < -0.3 is 5.11 Å². The second kappa shape index (κ2) is 6.28. The quantitative estimate of drug-likeness (QED) is 0.474. The maximum absolute atomic E-state index is 16.0. The summed E-state index contributed by atoms with van der Waals surface area (Å²) in [6.45, 7) is -0.831. The van der Waals surface area contributed by atoms with Crippen LogP contribution in [0.15, 0.2) is 42.9 Å². The van der Waals surface area contributed by atoms with Gasteiger partial charge in [-0.25, -0.2) is 27.2 Å². The van der Waals surface area contributed by atoms with Crippen molar-refractivity contribution in [3.8, 4) is 0 Å². The minimum atomic E-state index is -3.81. The predicted octanol–water partition coefficient (Wildman–Crippen LogP) is 3.13. The molecular weight excluding hydrogens is 421 g/mol. The molecule has 0 radical (unpaired) electrons. The molecule has 3 saturated carbocycles. The first kappa shape index (κ1) is 20.0. The molecule has 162 valence electrons. The normalized spacial score (nSPS) is 26.6. The maximum atomic E-state index is 16.0. The van der Waals surface area contributed by atoms with E-state index in [2.05, 4.69) is 20.5 Å². The van der Waals surface area contributed by atoms with Crippen molar-refractivity contribution in [2.75, 3.05) is 0 Å². The number of aromatic nitrogens is 5. The molecule has 1 atom stereocenters. The Bertz CT molecular complexity index is 1120. The Morgan fingerprint density at radius 3 is 2.39 bits per heavy atom. The molecular formula is C20H16F5N5O. The summed E-state index contributed by atoms with van der Waals surface area (Å²) in [7, 11) is 0. The van der Waals surface area contributed by atoms with Gasteiger partial charge in [0.05, 0.1) is 6.54 Å². The molecule has 11 heteroatoms. The molecule has 6 nitrogen and oxygen atoms in total. The van der Waals surface area contributed by atoms with Crippen LogP contribution in [0.3, 0.4) is 0 Å². The van der Waals surface area contributed by atoms with Crippen LogP contribution >= 0.6 is 0 Å². The minimum absolute atomic E-state index is 0.0149. The monoisotopic (exact) mass is 437 g/mol. The van der Waals surface area contributed by atoms with Crippen LogP contribution in [0, 0.1) is 23.0 Å². The second-order valence-electron chi connectivity index (χ2n) is 8.53. The molecule has 3 aromatic rings. The van der Waals surface area contributed by atoms with Crippen LogP contribution in [0.4, 0.5) is 22.0 Å². The summed E-state index contributed by atoms with van der Waals surface area (Å²) in [6.07, 6.45) is 2.39. The summed E-state index contributed by atoms with van der Waals surface area (Å²) in [5.74, 6) is -6.72. The van der Waals surface area contributed by atoms with Crippen molar-refractivity contribution >= 4 is 0 Å². The van der Waals surface area contributed by atoms with E-state index in [0.29, 0.717) is 11.6 Å². The fourth-order valence-electron chi connectivity index (χ4n) is 5.22. The van der Waals surface area contributed by atoms with E-state index in [1.54, 1.807) is 0 Å². The highest BCUT2D eigenvalue weighted by Crippen LogP contribution is 2.80. The van der Waals surface area contributed by atoms with E-state index in [9.17, 15) is 18.3 Å². The van der Waals surface area contributed by atoms with Gasteiger partial charge >= 0.3 is 0 Å². The molecule has 2 bridgehead atoms. The topological polar surface area (TPSA) is 76.7 Å². The molecule has 3 aliphatic rings. The molecule has 0 amide bonds. The zero-order valence-corrected chi connectivity index (χ0v) is 15.9. The Morgan fingerprint density at radius 2 is 1.81 bits per heavy atom. The molecule has 2 heterocycles. The molecule has 1 unspecified atom stereocenters. The lowest BCUT2D eigenvalue weighted by molar-refractivity contribution is -0.347. The van der Waals surface area contributed by atoms with E-state index < -0.39 is 52.0 Å². The number of pyridine rings is 1. The lowest BCUT2D eigenvalue weighted by Gasteiger charge is -2.74. The van der Waals surface area contributed by atoms with Gasteiger partial charge in [-0.2, -0.15) is 4.39 Å². The van der Waals surface area contributed by atoms with Crippen LogP contribution < -0.4 is 0 Å². The highest BCUT2D eigenvalue weighted by molar-refractivity contribution is 5.42. The average Bonchev–Trinajstić information content (AvgIpc) is 3.13. The first-order valence-electron chi connectivity index (χ1n) is 9.50. The average molecular weight is 437 g/mol. The fraction of sp³-hybridized carbons (Fsp3) is 0.400. The zero-order chi connectivity index (χ0) is 22.1. The van der Waals surface area contributed by atoms with Crippen molar-refractivity contribution in [3.05, 3.63) is 71.6 Å². The summed E-state index contributed by atoms with van der Waals surface area (Å²) in [4.78, 5) is 3.59. The summed E-state index contributed by atoms with van der Waals surface area (Å²) in [5, 5.41) is 21.5. The van der Waals surface area contributed by atoms with Gasteiger partial charge in [-0.05, 0) is 58.9 Å². The van der Waals surface area contributed by atoms with Crippen LogP contribution in [-0.2, 0) is 17.6 Å². The summed E-state index contributed by atoms with van der Waals surface area (Å²) in [6, 6.07) is 4.75. The van der Waals surface area contributed by atoms with E-state index in [1.165, 1.54) is 18.3 Å². The van der Waals surface area contributed by atoms with Gasteiger partial charge in [-0.1, -0.05) is 6.07 Å². The minimum Gasteiger partial charge on any atom is -0.377 e. The number of alkyl halides is 2. The Kier molecular flexibility index (Phi) is 4.05. The highest BCUT2D eigenvalue weighted by Gasteiger charge is 2.82. The molecule has 1 N–H and O–H groups in total. The molecule has 0 aliphatic heterocycles. The smallest absolute Gasteiger partial charge is 0.287 e. The number of hydrogen-bond donors (Lipinski definition) is 1. The number of hydrogen-bond acceptors (Lipinski definition) is 5. The number of aliphatic hydroxyl groups is 1. The summed E-state index contributed by atoms with van der Waals surface area (Å²) >= 11 is 0. The van der Waals surface area contributed by atoms with Crippen molar-refractivity contribution in [1.29, 1.82) is 0 Å². The standard InChI is InChI=1S/C20H16F5N5O/c21-13-2-3-14(15(22)5-13)19(31,10-30-11-27-28-29-30)20(24,25)18-7-17(8-18,9-18)12-1-4-16(23)26-6-12/h1-6,11,31H,7-10H2. The zero-order valence-electron chi connectivity index (χ0n) is 15.9. The first-order chi connectivity index (χ1) is 14.6. The molecule has 6 rings (SSSR count). The predicted molar refractivity (Wildman–Crippen MR) is 95.2 cm³/mol. The van der Waals surface area contributed by atoms with Crippen molar-refractivity contribution in [2.45, 2.75) is 42.7 Å². The summed E-state index contributed by atoms with van der Waals surface area (Å²) < 4.78 is 73.9. The number of halogens is 5. The third-order valence-corrected chi connectivity index (χ3v) is 6.71. The number of nitrogens with zero attached hydrogens (tertiary/aromatic N) is 5. The van der Waals surface area contributed by atoms with E-state index in [-0.39, 0.29) is 19.3 Å². The van der Waals surface area contributed by atoms with Crippen LogP contribution in [0.2, 0.25) is 0 Å². The highest BCUT2D eigenvalue weighted by atomic mass is 19.3. The summed E-state index contributed by atoms with van der Waals surface area (Å²) in [5.41, 5.74) is -5.32. The SMILES string of the molecule is OC(Cn1cnnn1)(c1ccc(F)cc1F)C(F)(F)C12CC(c3ccc(F)nc3)(C1)C2. The Hall–Kier alpha value is -2.95. The Morgan fingerprint density at radius 1 is 1.06 bits per heavy atom. The molecule has 1 aromatic carbocycles. The first-order valence-corrected chi connectivity index (χ1v) is 9.50. The molecule has 31 heavy (non-hydrogen) atoms.